The van der Waals surface area contributed by atoms with Crippen molar-refractivity contribution >= 4 is 34.6 Å². The second kappa shape index (κ2) is 11.2. The van der Waals surface area contributed by atoms with E-state index in [9.17, 15) is 19.9 Å². The lowest BCUT2D eigenvalue weighted by molar-refractivity contribution is -0.121. The highest BCUT2D eigenvalue weighted by Gasteiger charge is 2.26. The quantitative estimate of drug-likeness (QED) is 0.269. The van der Waals surface area contributed by atoms with Gasteiger partial charge in [-0.25, -0.2) is 0 Å². The van der Waals surface area contributed by atoms with E-state index in [2.05, 4.69) is 5.32 Å². The summed E-state index contributed by atoms with van der Waals surface area (Å²) >= 11 is 0. The minimum Gasteiger partial charge on any atom is -0.508 e. The minimum absolute atomic E-state index is 0.149. The average Bonchev–Trinajstić information content (AvgIpc) is 3.12. The van der Waals surface area contributed by atoms with Crippen molar-refractivity contribution in [2.24, 2.45) is 0 Å². The number of unbranched alkanes of at least 4 members (excludes halogenated alkanes) is 1. The molecule has 5 nitrogen and oxygen atoms in total. The second-order valence-corrected chi connectivity index (χ2v) is 10.2. The molecule has 1 amide bonds. The van der Waals surface area contributed by atoms with Gasteiger partial charge in [0, 0.05) is 17.4 Å². The molecule has 8 heteroatoms. The first kappa shape index (κ1) is 22.5. The zero-order chi connectivity index (χ0) is 19.8. The van der Waals surface area contributed by atoms with Crippen molar-refractivity contribution in [2.75, 3.05) is 5.75 Å². The number of phenols is 1. The van der Waals surface area contributed by atoms with E-state index in [1.54, 1.807) is 12.1 Å². The molecule has 1 aromatic carbocycles. The Hall–Kier alpha value is -0.825. The lowest BCUT2D eigenvalue weighted by Gasteiger charge is -2.19. The summed E-state index contributed by atoms with van der Waals surface area (Å²) in [5.41, 5.74) is 1.67. The van der Waals surface area contributed by atoms with Gasteiger partial charge in [0.25, 0.3) is 0 Å². The van der Waals surface area contributed by atoms with Crippen LogP contribution >= 0.6 is 21.6 Å². The first-order valence-electron chi connectivity index (χ1n) is 9.62. The number of benzene rings is 1. The summed E-state index contributed by atoms with van der Waals surface area (Å²) in [6.45, 7) is 3.98. The van der Waals surface area contributed by atoms with Crippen LogP contribution < -0.4 is 5.32 Å². The van der Waals surface area contributed by atoms with Crippen LogP contribution in [-0.2, 0) is 11.2 Å². The van der Waals surface area contributed by atoms with Gasteiger partial charge < -0.3 is 20.5 Å². The summed E-state index contributed by atoms with van der Waals surface area (Å²) in [4.78, 5) is 12.2. The third-order valence-corrected chi connectivity index (χ3v) is 7.79. The molecule has 0 unspecified atom stereocenters. The molecule has 150 valence electrons. The van der Waals surface area contributed by atoms with E-state index in [0.29, 0.717) is 12.8 Å². The normalized spacial score (nSPS) is 17.9. The Morgan fingerprint density at radius 3 is 2.74 bits per heavy atom. The monoisotopic (exact) mass is 411 g/mol. The van der Waals surface area contributed by atoms with E-state index in [4.69, 9.17) is 0 Å². The van der Waals surface area contributed by atoms with Crippen molar-refractivity contribution in [3.8, 4) is 5.75 Å². The van der Waals surface area contributed by atoms with Crippen molar-refractivity contribution in [3.63, 3.8) is 0 Å². The van der Waals surface area contributed by atoms with E-state index in [0.717, 1.165) is 35.6 Å². The lowest BCUT2D eigenvalue weighted by Crippen LogP contribution is -2.47. The maximum absolute atomic E-state index is 12.2. The molecule has 1 saturated heterocycles. The van der Waals surface area contributed by atoms with E-state index < -0.39 is 13.1 Å². The lowest BCUT2D eigenvalue weighted by atomic mass is 9.75. The average molecular weight is 411 g/mol. The Kier molecular flexibility index (Phi) is 9.35. The fourth-order valence-electron chi connectivity index (χ4n) is 3.18. The Labute approximate surface area is 170 Å². The Balaban J connectivity index is 1.82. The number of hydrogen-bond acceptors (Lipinski definition) is 6. The fraction of sp³-hybridized carbons (Fsp3) is 0.632. The van der Waals surface area contributed by atoms with Crippen molar-refractivity contribution in [1.29, 1.82) is 0 Å². The summed E-state index contributed by atoms with van der Waals surface area (Å²) in [7, 11) is 2.25. The molecule has 4 N–H and O–H groups in total. The Bertz CT molecular complexity index is 609. The second-order valence-electron chi connectivity index (χ2n) is 7.41. The Morgan fingerprint density at radius 2 is 2.11 bits per heavy atom. The highest BCUT2D eigenvalue weighted by molar-refractivity contribution is 8.77. The van der Waals surface area contributed by atoms with Gasteiger partial charge in [0.15, 0.2) is 0 Å². The molecular formula is C19H30BNO4S2. The fourth-order valence-corrected chi connectivity index (χ4v) is 6.21. The molecule has 1 aliphatic rings. The number of rotatable bonds is 10. The molecule has 0 spiro atoms. The number of aromatic hydroxyl groups is 1. The number of hydrogen-bond donors (Lipinski definition) is 4. The van der Waals surface area contributed by atoms with Crippen LogP contribution in [0, 0.1) is 0 Å². The molecule has 0 aliphatic carbocycles. The summed E-state index contributed by atoms with van der Waals surface area (Å²) in [6.07, 6.45) is 4.94. The zero-order valence-corrected chi connectivity index (χ0v) is 17.7. The van der Waals surface area contributed by atoms with Gasteiger partial charge in [0.05, 0.1) is 5.94 Å². The van der Waals surface area contributed by atoms with Crippen LogP contribution in [0.15, 0.2) is 18.2 Å². The van der Waals surface area contributed by atoms with E-state index in [1.165, 1.54) is 12.2 Å². The third-order valence-electron chi connectivity index (χ3n) is 4.78. The van der Waals surface area contributed by atoms with E-state index in [1.807, 2.05) is 41.5 Å². The predicted octanol–water partition coefficient (Wildman–Crippen LogP) is 3.27. The van der Waals surface area contributed by atoms with Crippen LogP contribution in [0.4, 0.5) is 0 Å². The molecule has 1 aromatic rings. The highest BCUT2D eigenvalue weighted by Crippen LogP contribution is 2.39. The van der Waals surface area contributed by atoms with Gasteiger partial charge in [-0.2, -0.15) is 0 Å². The topological polar surface area (TPSA) is 89.8 Å². The smallest absolute Gasteiger partial charge is 0.475 e. The van der Waals surface area contributed by atoms with Gasteiger partial charge in [-0.1, -0.05) is 54.0 Å². The Morgan fingerprint density at radius 1 is 1.33 bits per heavy atom. The van der Waals surface area contributed by atoms with Gasteiger partial charge in [-0.15, -0.1) is 0 Å². The molecule has 27 heavy (non-hydrogen) atoms. The number of amides is 1. The van der Waals surface area contributed by atoms with E-state index >= 15 is 0 Å². The minimum atomic E-state index is -1.63. The van der Waals surface area contributed by atoms with Crippen LogP contribution in [0.1, 0.15) is 63.0 Å². The summed E-state index contributed by atoms with van der Waals surface area (Å²) in [6, 6.07) is 5.23. The molecule has 0 saturated carbocycles. The van der Waals surface area contributed by atoms with Crippen LogP contribution in [-0.4, -0.2) is 45.1 Å². The van der Waals surface area contributed by atoms with Crippen molar-refractivity contribution < 1.29 is 19.9 Å². The van der Waals surface area contributed by atoms with Crippen LogP contribution in [0.2, 0.25) is 0 Å². The maximum Gasteiger partial charge on any atom is 0.475 e. The summed E-state index contributed by atoms with van der Waals surface area (Å²) in [5.74, 6) is 0.709. The highest BCUT2D eigenvalue weighted by atomic mass is 33.1. The SMILES string of the molecule is CC(C)c1cc(C[C@@H](NC(=O)CCCC[C@@H]2CCSS2)B(O)O)ccc1O. The zero-order valence-electron chi connectivity index (χ0n) is 16.1. The van der Waals surface area contributed by atoms with Crippen molar-refractivity contribution in [3.05, 3.63) is 29.3 Å². The predicted molar refractivity (Wildman–Crippen MR) is 115 cm³/mol. The third kappa shape index (κ3) is 7.60. The molecule has 2 atom stereocenters. The molecule has 0 radical (unpaired) electrons. The van der Waals surface area contributed by atoms with Crippen LogP contribution in [0.25, 0.3) is 0 Å². The van der Waals surface area contributed by atoms with E-state index in [-0.39, 0.29) is 17.6 Å². The van der Waals surface area contributed by atoms with Crippen LogP contribution in [0.3, 0.4) is 0 Å². The van der Waals surface area contributed by atoms with Gasteiger partial charge in [-0.05, 0) is 48.8 Å². The summed E-state index contributed by atoms with van der Waals surface area (Å²) < 4.78 is 0. The summed E-state index contributed by atoms with van der Waals surface area (Å²) in [5, 5.41) is 32.7. The maximum atomic E-state index is 12.2. The van der Waals surface area contributed by atoms with Gasteiger partial charge in [-0.3, -0.25) is 4.79 Å². The van der Waals surface area contributed by atoms with Crippen molar-refractivity contribution in [1.82, 2.24) is 5.32 Å². The van der Waals surface area contributed by atoms with Crippen LogP contribution in [0.5, 0.6) is 5.75 Å². The first-order valence-corrected chi connectivity index (χ1v) is 12.0. The molecule has 0 bridgehead atoms. The number of carbonyl (C=O) groups is 1. The molecule has 1 heterocycles. The van der Waals surface area contributed by atoms with Crippen molar-refractivity contribution in [2.45, 2.75) is 69.5 Å². The van der Waals surface area contributed by atoms with Gasteiger partial charge in [0.2, 0.25) is 5.91 Å². The number of nitrogens with one attached hydrogen (secondary N) is 1. The largest absolute Gasteiger partial charge is 0.508 e. The first-order chi connectivity index (χ1) is 12.9. The molecule has 1 fully saturated rings. The number of carbonyl (C=O) groups excluding carboxylic acids is 1. The molecular weight excluding hydrogens is 381 g/mol. The van der Waals surface area contributed by atoms with Gasteiger partial charge in [0.1, 0.15) is 5.75 Å². The number of phenolic OH excluding ortho intramolecular Hbond substituents is 1. The standard InChI is InChI=1S/C19H30BNO4S2/c1-13(2)16-11-14(7-8-17(16)22)12-18(20(24)25)21-19(23)6-4-3-5-15-9-10-26-27-15/h7-8,11,13,15,18,22,24-25H,3-6,9-10,12H2,1-2H3,(H,21,23)/t15-,18-/m1/s1. The molecule has 2 rings (SSSR count). The molecule has 0 aromatic heterocycles. The van der Waals surface area contributed by atoms with Gasteiger partial charge >= 0.3 is 7.12 Å². The molecule has 1 aliphatic heterocycles.